The Morgan fingerprint density at radius 1 is 1.00 bits per heavy atom. The number of aromatic nitrogens is 1. The molecule has 3 aliphatic rings. The molecule has 1 aromatic heterocycles. The first-order chi connectivity index (χ1) is 20.4. The summed E-state index contributed by atoms with van der Waals surface area (Å²) in [6.07, 6.45) is 4.54. The molecule has 0 radical (unpaired) electrons. The van der Waals surface area contributed by atoms with Crippen LogP contribution in [0.1, 0.15) is 49.6 Å². The van der Waals surface area contributed by atoms with Gasteiger partial charge in [0, 0.05) is 65.1 Å². The summed E-state index contributed by atoms with van der Waals surface area (Å²) in [7, 11) is -2.05. The van der Waals surface area contributed by atoms with E-state index in [9.17, 15) is 14.7 Å². The average molecular weight is 606 g/mol. The molecule has 9 nitrogen and oxygen atoms in total. The number of carbonyl (C=O) groups is 2. The molecule has 1 fully saturated rings. The Balaban J connectivity index is 1.21. The molecule has 3 amide bonds. The molecule has 5 rings (SSSR count). The lowest BCUT2D eigenvalue weighted by Crippen LogP contribution is -2.51. The van der Waals surface area contributed by atoms with E-state index in [-0.39, 0.29) is 17.2 Å². The van der Waals surface area contributed by atoms with Gasteiger partial charge in [0.15, 0.2) is 8.32 Å². The summed E-state index contributed by atoms with van der Waals surface area (Å²) in [5, 5.41) is 9.27. The Hall–Kier alpha value is -3.21. The second kappa shape index (κ2) is 12.8. The van der Waals surface area contributed by atoms with Gasteiger partial charge in [-0.15, -0.1) is 0 Å². The first-order valence-corrected chi connectivity index (χ1v) is 18.4. The molecule has 0 aliphatic carbocycles. The summed E-state index contributed by atoms with van der Waals surface area (Å²) in [6, 6.07) is 12.8. The van der Waals surface area contributed by atoms with Crippen molar-refractivity contribution in [2.24, 2.45) is 0 Å². The van der Waals surface area contributed by atoms with E-state index in [4.69, 9.17) is 4.43 Å². The molecule has 3 aliphatic heterocycles. The quantitative estimate of drug-likeness (QED) is 0.378. The van der Waals surface area contributed by atoms with Gasteiger partial charge in [-0.3, -0.25) is 9.88 Å². The van der Waals surface area contributed by atoms with Gasteiger partial charge in [0.25, 0.3) is 0 Å². The van der Waals surface area contributed by atoms with E-state index in [0.29, 0.717) is 45.7 Å². The van der Waals surface area contributed by atoms with E-state index < -0.39 is 14.4 Å². The van der Waals surface area contributed by atoms with E-state index in [0.717, 1.165) is 42.9 Å². The Labute approximate surface area is 257 Å². The van der Waals surface area contributed by atoms with Gasteiger partial charge in [-0.25, -0.2) is 9.59 Å². The number of benzene rings is 1. The number of carbonyl (C=O) groups excluding carboxylic acids is 1. The summed E-state index contributed by atoms with van der Waals surface area (Å²) in [4.78, 5) is 37.2. The monoisotopic (exact) mass is 605 g/mol. The highest BCUT2D eigenvalue weighted by molar-refractivity contribution is 6.74. The van der Waals surface area contributed by atoms with Crippen LogP contribution in [0, 0.1) is 0 Å². The van der Waals surface area contributed by atoms with Gasteiger partial charge in [-0.2, -0.15) is 0 Å². The van der Waals surface area contributed by atoms with Crippen LogP contribution in [-0.2, 0) is 23.9 Å². The Bertz CT molecular complexity index is 1340. The Kier molecular flexibility index (Phi) is 9.29. The maximum Gasteiger partial charge on any atom is 0.407 e. The fourth-order valence-corrected chi connectivity index (χ4v) is 7.26. The van der Waals surface area contributed by atoms with Gasteiger partial charge >= 0.3 is 12.1 Å². The first-order valence-electron chi connectivity index (χ1n) is 15.5. The SMILES string of the molecule is CC(C)(C)[Si](C)(C)O[C@H](CN1CCc2ccccc2C1)CN1CCN(Cc2ccc(C3=CCN(C(=O)O)CC3)nc2)C1=O. The molecular formula is C33H47N5O4Si. The van der Waals surface area contributed by atoms with Crippen molar-refractivity contribution in [1.82, 2.24) is 24.6 Å². The van der Waals surface area contributed by atoms with Crippen LogP contribution < -0.4 is 0 Å². The van der Waals surface area contributed by atoms with E-state index >= 15 is 0 Å². The zero-order chi connectivity index (χ0) is 30.8. The molecule has 2 aromatic rings. The fraction of sp³-hybridized carbons (Fsp3) is 0.545. The number of hydrogen-bond acceptors (Lipinski definition) is 5. The Morgan fingerprint density at radius 3 is 2.40 bits per heavy atom. The van der Waals surface area contributed by atoms with Crippen LogP contribution in [0.5, 0.6) is 0 Å². The third kappa shape index (κ3) is 7.48. The van der Waals surface area contributed by atoms with Gasteiger partial charge < -0.3 is 24.2 Å². The first kappa shape index (κ1) is 31.2. The second-order valence-electron chi connectivity index (χ2n) is 13.7. The molecular weight excluding hydrogens is 558 g/mol. The van der Waals surface area contributed by atoms with Crippen LogP contribution >= 0.6 is 0 Å². The molecule has 1 N–H and O–H groups in total. The number of urea groups is 1. The normalized spacial score (nSPS) is 19.0. The zero-order valence-corrected chi connectivity index (χ0v) is 27.4. The minimum Gasteiger partial charge on any atom is -0.465 e. The van der Waals surface area contributed by atoms with Gasteiger partial charge in [0.2, 0.25) is 0 Å². The van der Waals surface area contributed by atoms with Gasteiger partial charge in [-0.05, 0) is 59.3 Å². The molecule has 1 atom stereocenters. The van der Waals surface area contributed by atoms with Crippen molar-refractivity contribution in [2.45, 2.75) is 70.9 Å². The number of fused-ring (bicyclic) bond motifs is 1. The Morgan fingerprint density at radius 2 is 1.74 bits per heavy atom. The van der Waals surface area contributed by atoms with Crippen LogP contribution in [-0.4, -0.2) is 102 Å². The summed E-state index contributed by atoms with van der Waals surface area (Å²) >= 11 is 0. The number of amides is 3. The predicted molar refractivity (Wildman–Crippen MR) is 171 cm³/mol. The largest absolute Gasteiger partial charge is 0.465 e. The van der Waals surface area contributed by atoms with Crippen LogP contribution in [0.15, 0.2) is 48.7 Å². The number of carboxylic acid groups (broad SMARTS) is 1. The minimum absolute atomic E-state index is 0.0446. The summed E-state index contributed by atoms with van der Waals surface area (Å²) in [5.74, 6) is 0. The highest BCUT2D eigenvalue weighted by atomic mass is 28.4. The number of pyridine rings is 1. The molecule has 232 valence electrons. The van der Waals surface area contributed by atoms with Crippen molar-refractivity contribution in [1.29, 1.82) is 0 Å². The summed E-state index contributed by atoms with van der Waals surface area (Å²) < 4.78 is 6.98. The molecule has 0 bridgehead atoms. The van der Waals surface area contributed by atoms with Crippen molar-refractivity contribution in [3.05, 3.63) is 71.1 Å². The molecule has 1 saturated heterocycles. The van der Waals surface area contributed by atoms with Crippen LogP contribution in [0.4, 0.5) is 9.59 Å². The molecule has 1 aromatic carbocycles. The average Bonchev–Trinajstić information content (AvgIpc) is 3.30. The highest BCUT2D eigenvalue weighted by Crippen LogP contribution is 2.38. The molecule has 0 spiro atoms. The third-order valence-corrected chi connectivity index (χ3v) is 14.1. The zero-order valence-electron chi connectivity index (χ0n) is 26.4. The van der Waals surface area contributed by atoms with Gasteiger partial charge in [-0.1, -0.05) is 57.2 Å². The number of hydrogen-bond donors (Lipinski definition) is 1. The lowest BCUT2D eigenvalue weighted by atomic mass is 10.00. The van der Waals surface area contributed by atoms with Crippen molar-refractivity contribution >= 4 is 26.0 Å². The number of rotatable bonds is 9. The molecule has 10 heteroatoms. The minimum atomic E-state index is -2.05. The van der Waals surface area contributed by atoms with E-state index in [1.165, 1.54) is 16.0 Å². The topological polar surface area (TPSA) is 89.5 Å². The summed E-state index contributed by atoms with van der Waals surface area (Å²) in [6.45, 7) is 17.5. The van der Waals surface area contributed by atoms with Crippen molar-refractivity contribution in [3.63, 3.8) is 0 Å². The van der Waals surface area contributed by atoms with Crippen molar-refractivity contribution < 1.29 is 19.1 Å². The lowest BCUT2D eigenvalue weighted by molar-refractivity contribution is 0.0879. The predicted octanol–water partition coefficient (Wildman–Crippen LogP) is 5.54. The maximum absolute atomic E-state index is 13.6. The van der Waals surface area contributed by atoms with Gasteiger partial charge in [0.1, 0.15) is 0 Å². The van der Waals surface area contributed by atoms with E-state index in [1.807, 2.05) is 34.2 Å². The van der Waals surface area contributed by atoms with Crippen molar-refractivity contribution in [2.75, 3.05) is 45.8 Å². The molecule has 4 heterocycles. The smallest absolute Gasteiger partial charge is 0.407 e. The molecule has 43 heavy (non-hydrogen) atoms. The molecule has 0 saturated carbocycles. The van der Waals surface area contributed by atoms with E-state index in [1.54, 1.807) is 0 Å². The fourth-order valence-electron chi connectivity index (χ4n) is 5.92. The van der Waals surface area contributed by atoms with Crippen molar-refractivity contribution in [3.8, 4) is 0 Å². The van der Waals surface area contributed by atoms with Crippen LogP contribution in [0.2, 0.25) is 18.1 Å². The lowest BCUT2D eigenvalue weighted by Gasteiger charge is -2.42. The highest BCUT2D eigenvalue weighted by Gasteiger charge is 2.41. The third-order valence-electron chi connectivity index (χ3n) is 9.55. The van der Waals surface area contributed by atoms with Crippen LogP contribution in [0.25, 0.3) is 5.57 Å². The van der Waals surface area contributed by atoms with E-state index in [2.05, 4.69) is 68.0 Å². The summed E-state index contributed by atoms with van der Waals surface area (Å²) in [5.41, 5.74) is 5.76. The number of nitrogens with zero attached hydrogens (tertiary/aromatic N) is 5. The second-order valence-corrected chi connectivity index (χ2v) is 18.4. The standard InChI is InChI=1S/C33H47N5O4Si/c1-33(2,3)43(4,5)42-29(23-35-15-12-26-8-6-7-9-28(26)22-35)24-38-19-18-37(31(38)39)21-25-10-11-30(34-20-25)27-13-16-36(17-14-27)32(40)41/h6-11,13,20,29H,12,14-19,21-24H2,1-5H3,(H,40,41)/t29-/m1/s1. The maximum atomic E-state index is 13.6. The van der Waals surface area contributed by atoms with Gasteiger partial charge in [0.05, 0.1) is 11.8 Å². The van der Waals surface area contributed by atoms with Crippen LogP contribution in [0.3, 0.4) is 0 Å². The molecule has 0 unspecified atom stereocenters.